The van der Waals surface area contributed by atoms with Gasteiger partial charge in [0.05, 0.1) is 0 Å². The SMILES string of the molecule is CCC(=O)N1CC2(C1)CN(C(=O)CC)C2. The molecule has 2 fully saturated rings. The van der Waals surface area contributed by atoms with E-state index < -0.39 is 0 Å². The average Bonchev–Trinajstić information content (AvgIpc) is 2.12. The first-order valence-electron chi connectivity index (χ1n) is 5.66. The summed E-state index contributed by atoms with van der Waals surface area (Å²) < 4.78 is 0. The van der Waals surface area contributed by atoms with Crippen LogP contribution in [0, 0.1) is 5.41 Å². The van der Waals surface area contributed by atoms with E-state index in [1.165, 1.54) is 0 Å². The number of hydrogen-bond acceptors (Lipinski definition) is 2. The number of rotatable bonds is 2. The molecule has 0 aromatic carbocycles. The summed E-state index contributed by atoms with van der Waals surface area (Å²) in [6, 6.07) is 0. The van der Waals surface area contributed by atoms with E-state index in [9.17, 15) is 9.59 Å². The molecule has 0 aromatic rings. The summed E-state index contributed by atoms with van der Waals surface area (Å²) in [7, 11) is 0. The fourth-order valence-electron chi connectivity index (χ4n) is 2.53. The van der Waals surface area contributed by atoms with E-state index in [1.807, 2.05) is 23.6 Å². The Morgan fingerprint density at radius 2 is 1.27 bits per heavy atom. The molecule has 2 amide bonds. The Labute approximate surface area is 90.2 Å². The van der Waals surface area contributed by atoms with Crippen molar-refractivity contribution in [3.05, 3.63) is 0 Å². The number of nitrogens with zero attached hydrogens (tertiary/aromatic N) is 2. The van der Waals surface area contributed by atoms with Gasteiger partial charge in [-0.15, -0.1) is 0 Å². The van der Waals surface area contributed by atoms with Gasteiger partial charge < -0.3 is 9.80 Å². The van der Waals surface area contributed by atoms with Crippen molar-refractivity contribution in [3.63, 3.8) is 0 Å². The summed E-state index contributed by atoms with van der Waals surface area (Å²) in [4.78, 5) is 26.5. The molecule has 2 saturated heterocycles. The van der Waals surface area contributed by atoms with Crippen LogP contribution in [0.5, 0.6) is 0 Å². The number of hydrogen-bond donors (Lipinski definition) is 0. The molecule has 0 aliphatic carbocycles. The first-order chi connectivity index (χ1) is 7.10. The Balaban J connectivity index is 1.77. The molecule has 0 saturated carbocycles. The molecule has 0 unspecified atom stereocenters. The first kappa shape index (κ1) is 10.5. The summed E-state index contributed by atoms with van der Waals surface area (Å²) in [5.41, 5.74) is 0.260. The molecule has 1 spiro atoms. The molecule has 0 aromatic heterocycles. The highest BCUT2D eigenvalue weighted by Crippen LogP contribution is 2.39. The summed E-state index contributed by atoms with van der Waals surface area (Å²) >= 11 is 0. The standard InChI is InChI=1S/C11H18N2O2/c1-3-9(14)12-5-11(6-12)7-13(8-11)10(15)4-2/h3-8H2,1-2H3. The molecule has 2 aliphatic rings. The van der Waals surface area contributed by atoms with Gasteiger partial charge in [-0.25, -0.2) is 0 Å². The van der Waals surface area contributed by atoms with E-state index in [4.69, 9.17) is 0 Å². The Kier molecular flexibility index (Phi) is 2.44. The van der Waals surface area contributed by atoms with Gasteiger partial charge in [0.1, 0.15) is 0 Å². The second-order valence-electron chi connectivity index (χ2n) is 4.71. The van der Waals surface area contributed by atoms with E-state index >= 15 is 0 Å². The third kappa shape index (κ3) is 1.62. The zero-order valence-corrected chi connectivity index (χ0v) is 9.45. The van der Waals surface area contributed by atoms with Gasteiger partial charge in [0, 0.05) is 44.4 Å². The van der Waals surface area contributed by atoms with Gasteiger partial charge in [-0.2, -0.15) is 0 Å². The van der Waals surface area contributed by atoms with Crippen LogP contribution < -0.4 is 0 Å². The maximum absolute atomic E-state index is 11.3. The Morgan fingerprint density at radius 1 is 0.933 bits per heavy atom. The van der Waals surface area contributed by atoms with Crippen LogP contribution in [-0.2, 0) is 9.59 Å². The smallest absolute Gasteiger partial charge is 0.222 e. The number of carbonyl (C=O) groups excluding carboxylic acids is 2. The molecule has 84 valence electrons. The van der Waals surface area contributed by atoms with Crippen LogP contribution in [0.25, 0.3) is 0 Å². The molecule has 2 heterocycles. The topological polar surface area (TPSA) is 40.6 Å². The molecule has 0 N–H and O–H groups in total. The third-order valence-electron chi connectivity index (χ3n) is 3.42. The first-order valence-corrected chi connectivity index (χ1v) is 5.66. The van der Waals surface area contributed by atoms with Crippen LogP contribution in [-0.4, -0.2) is 47.8 Å². The molecule has 2 aliphatic heterocycles. The van der Waals surface area contributed by atoms with Gasteiger partial charge in [0.2, 0.25) is 11.8 Å². The van der Waals surface area contributed by atoms with Gasteiger partial charge >= 0.3 is 0 Å². The van der Waals surface area contributed by atoms with E-state index in [0.29, 0.717) is 12.8 Å². The molecule has 0 bridgehead atoms. The second kappa shape index (κ2) is 3.51. The van der Waals surface area contributed by atoms with E-state index in [0.717, 1.165) is 26.2 Å². The van der Waals surface area contributed by atoms with Gasteiger partial charge in [0.25, 0.3) is 0 Å². The average molecular weight is 210 g/mol. The fraction of sp³-hybridized carbons (Fsp3) is 0.818. The minimum absolute atomic E-state index is 0.237. The van der Waals surface area contributed by atoms with Crippen molar-refractivity contribution in [2.75, 3.05) is 26.2 Å². The van der Waals surface area contributed by atoms with Gasteiger partial charge in [-0.3, -0.25) is 9.59 Å². The monoisotopic (exact) mass is 210 g/mol. The van der Waals surface area contributed by atoms with Crippen LogP contribution >= 0.6 is 0 Å². The largest absolute Gasteiger partial charge is 0.341 e. The lowest BCUT2D eigenvalue weighted by molar-refractivity contribution is -0.168. The van der Waals surface area contributed by atoms with Crippen LogP contribution in [0.3, 0.4) is 0 Å². The molecule has 2 rings (SSSR count). The molecule has 0 radical (unpaired) electrons. The van der Waals surface area contributed by atoms with Crippen LogP contribution in [0.4, 0.5) is 0 Å². The Morgan fingerprint density at radius 3 is 1.53 bits per heavy atom. The van der Waals surface area contributed by atoms with E-state index in [1.54, 1.807) is 0 Å². The van der Waals surface area contributed by atoms with Crippen LogP contribution in [0.1, 0.15) is 26.7 Å². The van der Waals surface area contributed by atoms with Gasteiger partial charge in [-0.1, -0.05) is 13.8 Å². The lowest BCUT2D eigenvalue weighted by Crippen LogP contribution is -2.73. The summed E-state index contributed by atoms with van der Waals surface area (Å²) in [6.45, 7) is 7.20. The molecule has 15 heavy (non-hydrogen) atoms. The van der Waals surface area contributed by atoms with E-state index in [-0.39, 0.29) is 17.2 Å². The summed E-state index contributed by atoms with van der Waals surface area (Å²) in [6.07, 6.45) is 1.18. The second-order valence-corrected chi connectivity index (χ2v) is 4.71. The van der Waals surface area contributed by atoms with E-state index in [2.05, 4.69) is 0 Å². The van der Waals surface area contributed by atoms with Crippen molar-refractivity contribution < 1.29 is 9.59 Å². The molecular formula is C11H18N2O2. The Hall–Kier alpha value is -1.06. The maximum atomic E-state index is 11.3. The zero-order chi connectivity index (χ0) is 11.1. The van der Waals surface area contributed by atoms with Crippen LogP contribution in [0.15, 0.2) is 0 Å². The third-order valence-corrected chi connectivity index (χ3v) is 3.42. The van der Waals surface area contributed by atoms with Crippen molar-refractivity contribution in [2.24, 2.45) is 5.41 Å². The summed E-state index contributed by atoms with van der Waals surface area (Å²) in [5, 5.41) is 0. The highest BCUT2D eigenvalue weighted by Gasteiger charge is 2.53. The minimum atomic E-state index is 0.237. The van der Waals surface area contributed by atoms with Crippen molar-refractivity contribution in [2.45, 2.75) is 26.7 Å². The van der Waals surface area contributed by atoms with Crippen molar-refractivity contribution in [1.82, 2.24) is 9.80 Å². The zero-order valence-electron chi connectivity index (χ0n) is 9.45. The van der Waals surface area contributed by atoms with Gasteiger partial charge in [-0.05, 0) is 0 Å². The number of likely N-dealkylation sites (tertiary alicyclic amines) is 2. The highest BCUT2D eigenvalue weighted by molar-refractivity contribution is 5.79. The molecule has 4 heteroatoms. The van der Waals surface area contributed by atoms with Crippen molar-refractivity contribution in [1.29, 1.82) is 0 Å². The predicted molar refractivity (Wildman–Crippen MR) is 56.2 cm³/mol. The maximum Gasteiger partial charge on any atom is 0.222 e. The molecule has 4 nitrogen and oxygen atoms in total. The minimum Gasteiger partial charge on any atom is -0.341 e. The quantitative estimate of drug-likeness (QED) is 0.665. The Bertz CT molecular complexity index is 255. The number of amides is 2. The highest BCUT2D eigenvalue weighted by atomic mass is 16.2. The molecular weight excluding hydrogens is 192 g/mol. The lowest BCUT2D eigenvalue weighted by Gasteiger charge is -2.60. The normalized spacial score (nSPS) is 22.3. The molecule has 0 atom stereocenters. The summed E-state index contributed by atoms with van der Waals surface area (Å²) in [5.74, 6) is 0.474. The fourth-order valence-corrected chi connectivity index (χ4v) is 2.53. The lowest BCUT2D eigenvalue weighted by atomic mass is 9.72. The number of carbonyl (C=O) groups is 2. The predicted octanol–water partition coefficient (Wildman–Crippen LogP) is 0.477. The van der Waals surface area contributed by atoms with Gasteiger partial charge in [0.15, 0.2) is 0 Å². The van der Waals surface area contributed by atoms with Crippen molar-refractivity contribution >= 4 is 11.8 Å². The van der Waals surface area contributed by atoms with Crippen molar-refractivity contribution in [3.8, 4) is 0 Å². The van der Waals surface area contributed by atoms with Crippen LogP contribution in [0.2, 0.25) is 0 Å².